The van der Waals surface area contributed by atoms with Gasteiger partial charge in [0, 0.05) is 10.2 Å². The zero-order chi connectivity index (χ0) is 16.2. The van der Waals surface area contributed by atoms with Crippen LogP contribution in [0.15, 0.2) is 57.9 Å². The Morgan fingerprint density at radius 3 is 2.45 bits per heavy atom. The maximum absolute atomic E-state index is 13.0. The van der Waals surface area contributed by atoms with Crippen molar-refractivity contribution in [1.82, 2.24) is 4.72 Å². The van der Waals surface area contributed by atoms with Gasteiger partial charge in [-0.05, 0) is 42.5 Å². The smallest absolute Gasteiger partial charge is 0.241 e. The van der Waals surface area contributed by atoms with Crippen LogP contribution in [0.1, 0.15) is 0 Å². The van der Waals surface area contributed by atoms with E-state index in [1.165, 1.54) is 30.3 Å². The molecule has 0 fully saturated rings. The van der Waals surface area contributed by atoms with E-state index in [0.29, 0.717) is 0 Å². The number of sulfonamides is 1. The Balaban J connectivity index is 1.97. The molecule has 1 amide bonds. The maximum atomic E-state index is 13.0. The molecule has 0 saturated carbocycles. The number of carbonyl (C=O) groups excluding carboxylic acids is 1. The summed E-state index contributed by atoms with van der Waals surface area (Å²) in [4.78, 5) is 11.7. The molecule has 0 aliphatic heterocycles. The van der Waals surface area contributed by atoms with Crippen molar-refractivity contribution in [1.29, 1.82) is 0 Å². The Bertz CT molecular complexity index is 779. The lowest BCUT2D eigenvalue weighted by atomic mass is 10.3. The number of halogens is 2. The number of amides is 1. The molecule has 0 bridgehead atoms. The molecule has 0 atom stereocenters. The van der Waals surface area contributed by atoms with Crippen LogP contribution in [0.2, 0.25) is 0 Å². The first kappa shape index (κ1) is 16.6. The minimum Gasteiger partial charge on any atom is -0.325 e. The summed E-state index contributed by atoms with van der Waals surface area (Å²) < 4.78 is 39.9. The molecule has 0 spiro atoms. The van der Waals surface area contributed by atoms with Gasteiger partial charge in [0.2, 0.25) is 15.9 Å². The van der Waals surface area contributed by atoms with Gasteiger partial charge >= 0.3 is 0 Å². The molecular formula is C14H12BrFN2O3S. The van der Waals surface area contributed by atoms with Crippen LogP contribution < -0.4 is 10.0 Å². The van der Waals surface area contributed by atoms with Crippen LogP contribution in [0.5, 0.6) is 0 Å². The van der Waals surface area contributed by atoms with E-state index in [2.05, 4.69) is 26.0 Å². The van der Waals surface area contributed by atoms with Crippen molar-refractivity contribution in [2.24, 2.45) is 0 Å². The van der Waals surface area contributed by atoms with Crippen LogP contribution in [0.25, 0.3) is 0 Å². The molecule has 5 nitrogen and oxygen atoms in total. The molecule has 2 N–H and O–H groups in total. The first-order chi connectivity index (χ1) is 10.4. The summed E-state index contributed by atoms with van der Waals surface area (Å²) in [6, 6.07) is 11.3. The van der Waals surface area contributed by atoms with Crippen LogP contribution in [-0.4, -0.2) is 20.9 Å². The van der Waals surface area contributed by atoms with E-state index >= 15 is 0 Å². The van der Waals surface area contributed by atoms with Gasteiger partial charge in [-0.3, -0.25) is 4.79 Å². The third kappa shape index (κ3) is 4.62. The van der Waals surface area contributed by atoms with Gasteiger partial charge in [-0.2, -0.15) is 0 Å². The second kappa shape index (κ2) is 6.99. The van der Waals surface area contributed by atoms with Gasteiger partial charge in [0.05, 0.1) is 11.4 Å². The number of rotatable bonds is 5. The van der Waals surface area contributed by atoms with E-state index < -0.39 is 28.3 Å². The first-order valence-corrected chi connectivity index (χ1v) is 8.45. The number of anilines is 1. The monoisotopic (exact) mass is 386 g/mol. The summed E-state index contributed by atoms with van der Waals surface area (Å²) in [5, 5.41) is 2.40. The number of hydrogen-bond acceptors (Lipinski definition) is 3. The molecular weight excluding hydrogens is 375 g/mol. The molecule has 0 aliphatic carbocycles. The van der Waals surface area contributed by atoms with Gasteiger partial charge in [0.15, 0.2) is 0 Å². The number of carbonyl (C=O) groups is 1. The zero-order valence-electron chi connectivity index (χ0n) is 11.2. The van der Waals surface area contributed by atoms with Gasteiger partial charge in [-0.15, -0.1) is 0 Å². The molecule has 0 saturated heterocycles. The normalized spacial score (nSPS) is 11.2. The lowest BCUT2D eigenvalue weighted by molar-refractivity contribution is -0.115. The summed E-state index contributed by atoms with van der Waals surface area (Å²) in [7, 11) is -3.78. The summed E-state index contributed by atoms with van der Waals surface area (Å²) in [5.74, 6) is -1.08. The lowest BCUT2D eigenvalue weighted by Crippen LogP contribution is -2.32. The van der Waals surface area contributed by atoms with Crippen LogP contribution in [-0.2, 0) is 14.8 Å². The van der Waals surface area contributed by atoms with Crippen molar-refractivity contribution in [2.45, 2.75) is 4.90 Å². The highest BCUT2D eigenvalue weighted by Crippen LogP contribution is 2.14. The molecule has 2 aromatic rings. The SMILES string of the molecule is O=C(CNS(=O)(=O)c1ccc(Br)cc1)Nc1cccc(F)c1. The van der Waals surface area contributed by atoms with Gasteiger partial charge in [0.25, 0.3) is 0 Å². The second-order valence-electron chi connectivity index (χ2n) is 4.34. The molecule has 0 heterocycles. The molecule has 0 aliphatic rings. The first-order valence-electron chi connectivity index (χ1n) is 6.17. The van der Waals surface area contributed by atoms with Crippen molar-refractivity contribution in [2.75, 3.05) is 11.9 Å². The zero-order valence-corrected chi connectivity index (χ0v) is 13.6. The Hall–Kier alpha value is -1.77. The summed E-state index contributed by atoms with van der Waals surface area (Å²) in [6.07, 6.45) is 0. The molecule has 0 radical (unpaired) electrons. The summed E-state index contributed by atoms with van der Waals surface area (Å²) in [6.45, 7) is -0.449. The molecule has 116 valence electrons. The minimum atomic E-state index is -3.78. The van der Waals surface area contributed by atoms with Crippen molar-refractivity contribution in [3.8, 4) is 0 Å². The van der Waals surface area contributed by atoms with Gasteiger partial charge < -0.3 is 5.32 Å². The molecule has 2 aromatic carbocycles. The van der Waals surface area contributed by atoms with E-state index in [4.69, 9.17) is 0 Å². The number of nitrogens with one attached hydrogen (secondary N) is 2. The van der Waals surface area contributed by atoms with Gasteiger partial charge in [-0.25, -0.2) is 17.5 Å². The average molecular weight is 387 g/mol. The Morgan fingerprint density at radius 2 is 1.82 bits per heavy atom. The third-order valence-corrected chi connectivity index (χ3v) is 4.60. The Labute approximate surface area is 135 Å². The minimum absolute atomic E-state index is 0.0502. The maximum Gasteiger partial charge on any atom is 0.241 e. The topological polar surface area (TPSA) is 75.3 Å². The van der Waals surface area contributed by atoms with E-state index in [-0.39, 0.29) is 10.6 Å². The largest absolute Gasteiger partial charge is 0.325 e. The van der Waals surface area contributed by atoms with E-state index in [1.807, 2.05) is 0 Å². The fourth-order valence-electron chi connectivity index (χ4n) is 1.63. The molecule has 8 heteroatoms. The molecule has 2 rings (SSSR count). The predicted octanol–water partition coefficient (Wildman–Crippen LogP) is 2.51. The summed E-state index contributed by atoms with van der Waals surface area (Å²) >= 11 is 3.21. The fraction of sp³-hybridized carbons (Fsp3) is 0.0714. The van der Waals surface area contributed by atoms with Crippen molar-refractivity contribution >= 4 is 37.5 Å². The van der Waals surface area contributed by atoms with Crippen molar-refractivity contribution in [3.63, 3.8) is 0 Å². The molecule has 22 heavy (non-hydrogen) atoms. The quantitative estimate of drug-likeness (QED) is 0.828. The average Bonchev–Trinajstić information content (AvgIpc) is 2.46. The molecule has 0 aromatic heterocycles. The highest BCUT2D eigenvalue weighted by atomic mass is 79.9. The Kier molecular flexibility index (Phi) is 5.28. The fourth-order valence-corrected chi connectivity index (χ4v) is 2.88. The highest BCUT2D eigenvalue weighted by Gasteiger charge is 2.15. The molecule has 0 unspecified atom stereocenters. The van der Waals surface area contributed by atoms with E-state index in [1.54, 1.807) is 12.1 Å². The van der Waals surface area contributed by atoms with E-state index in [0.717, 1.165) is 10.5 Å². The van der Waals surface area contributed by atoms with Crippen molar-refractivity contribution < 1.29 is 17.6 Å². The van der Waals surface area contributed by atoms with Gasteiger partial charge in [0.1, 0.15) is 5.82 Å². The lowest BCUT2D eigenvalue weighted by Gasteiger charge is -2.08. The van der Waals surface area contributed by atoms with Crippen molar-refractivity contribution in [3.05, 3.63) is 58.8 Å². The van der Waals surface area contributed by atoms with E-state index in [9.17, 15) is 17.6 Å². The highest BCUT2D eigenvalue weighted by molar-refractivity contribution is 9.10. The number of benzene rings is 2. The number of hydrogen-bond donors (Lipinski definition) is 2. The second-order valence-corrected chi connectivity index (χ2v) is 7.02. The van der Waals surface area contributed by atoms with Crippen LogP contribution in [0.4, 0.5) is 10.1 Å². The van der Waals surface area contributed by atoms with Crippen LogP contribution >= 0.6 is 15.9 Å². The Morgan fingerprint density at radius 1 is 1.14 bits per heavy atom. The third-order valence-electron chi connectivity index (χ3n) is 2.66. The van der Waals surface area contributed by atoms with Crippen LogP contribution in [0, 0.1) is 5.82 Å². The predicted molar refractivity (Wildman–Crippen MR) is 84.4 cm³/mol. The van der Waals surface area contributed by atoms with Gasteiger partial charge in [-0.1, -0.05) is 22.0 Å². The standard InChI is InChI=1S/C14H12BrFN2O3S/c15-10-4-6-13(7-5-10)22(20,21)17-9-14(19)18-12-3-1-2-11(16)8-12/h1-8,17H,9H2,(H,18,19). The summed E-state index contributed by atoms with van der Waals surface area (Å²) in [5.41, 5.74) is 0.257. The van der Waals surface area contributed by atoms with Crippen LogP contribution in [0.3, 0.4) is 0 Å².